The molecule has 1 heterocycles. The summed E-state index contributed by atoms with van der Waals surface area (Å²) in [6.45, 7) is 4.18. The van der Waals surface area contributed by atoms with Gasteiger partial charge in [0.05, 0.1) is 4.90 Å². The molecule has 2 aromatic rings. The molecule has 0 atom stereocenters. The molecule has 0 spiro atoms. The Bertz CT molecular complexity index is 605. The molecule has 0 unspecified atom stereocenters. The van der Waals surface area contributed by atoms with Crippen LogP contribution in [-0.4, -0.2) is 5.11 Å². The van der Waals surface area contributed by atoms with Crippen molar-refractivity contribution in [1.82, 2.24) is 0 Å². The number of rotatable bonds is 0. The summed E-state index contributed by atoms with van der Waals surface area (Å²) in [4.78, 5) is 4.70. The first kappa shape index (κ1) is 11.1. The monoisotopic (exact) mass is 260 g/mol. The lowest BCUT2D eigenvalue weighted by Gasteiger charge is -2.21. The molecule has 1 nitrogen and oxygen atoms in total. The van der Waals surface area contributed by atoms with E-state index >= 15 is 0 Å². The van der Waals surface area contributed by atoms with Gasteiger partial charge in [0, 0.05) is 14.7 Å². The van der Waals surface area contributed by atoms with Crippen molar-refractivity contribution < 1.29 is 5.11 Å². The Labute approximate surface area is 109 Å². The third-order valence-electron chi connectivity index (χ3n) is 2.81. The van der Waals surface area contributed by atoms with E-state index in [1.807, 2.05) is 6.07 Å². The molecule has 1 aliphatic rings. The number of phenols is 1. The maximum absolute atomic E-state index is 9.94. The molecule has 0 fully saturated rings. The van der Waals surface area contributed by atoms with Gasteiger partial charge in [-0.1, -0.05) is 35.7 Å². The van der Waals surface area contributed by atoms with Gasteiger partial charge in [0.2, 0.25) is 0 Å². The number of benzene rings is 2. The van der Waals surface area contributed by atoms with E-state index in [1.54, 1.807) is 29.6 Å². The Hall–Kier alpha value is -1.06. The predicted octanol–water partition coefficient (Wildman–Crippen LogP) is 4.62. The standard InChI is InChI=1S/C14H12OS2/c1-8-3-6-11-12(7-8)17-14-10(15)5-4-9(2)13(14)16-11/h3-7,15H,1-2H3. The zero-order valence-electron chi connectivity index (χ0n) is 9.65. The number of aryl methyl sites for hydroxylation is 2. The van der Waals surface area contributed by atoms with Crippen molar-refractivity contribution in [3.63, 3.8) is 0 Å². The van der Waals surface area contributed by atoms with Crippen LogP contribution in [0.2, 0.25) is 0 Å². The van der Waals surface area contributed by atoms with E-state index < -0.39 is 0 Å². The van der Waals surface area contributed by atoms with Crippen LogP contribution in [0.1, 0.15) is 11.1 Å². The van der Waals surface area contributed by atoms with Crippen LogP contribution >= 0.6 is 23.5 Å². The second kappa shape index (κ2) is 4.00. The van der Waals surface area contributed by atoms with Crippen molar-refractivity contribution in [3.05, 3.63) is 41.5 Å². The van der Waals surface area contributed by atoms with Gasteiger partial charge in [-0.2, -0.15) is 0 Å². The van der Waals surface area contributed by atoms with Crippen molar-refractivity contribution in [1.29, 1.82) is 0 Å². The van der Waals surface area contributed by atoms with Crippen molar-refractivity contribution in [2.75, 3.05) is 0 Å². The fourth-order valence-electron chi connectivity index (χ4n) is 1.88. The topological polar surface area (TPSA) is 20.2 Å². The molecule has 0 saturated heterocycles. The highest BCUT2D eigenvalue weighted by Crippen LogP contribution is 2.52. The molecule has 0 aliphatic carbocycles. The number of phenolic OH excluding ortho intramolecular Hbond substituents is 1. The van der Waals surface area contributed by atoms with Gasteiger partial charge in [0.1, 0.15) is 5.75 Å². The van der Waals surface area contributed by atoms with Gasteiger partial charge in [-0.25, -0.2) is 0 Å². The van der Waals surface area contributed by atoms with Gasteiger partial charge in [0.25, 0.3) is 0 Å². The Morgan fingerprint density at radius 2 is 1.65 bits per heavy atom. The SMILES string of the molecule is Cc1ccc2c(c1)Sc1c(O)ccc(C)c1S2. The predicted molar refractivity (Wildman–Crippen MR) is 72.3 cm³/mol. The summed E-state index contributed by atoms with van der Waals surface area (Å²) in [7, 11) is 0. The number of fused-ring (bicyclic) bond motifs is 2. The fraction of sp³-hybridized carbons (Fsp3) is 0.143. The molecular formula is C14H12OS2. The molecule has 0 radical (unpaired) electrons. The molecule has 86 valence electrons. The second-order valence-corrected chi connectivity index (χ2v) is 6.32. The number of hydrogen-bond acceptors (Lipinski definition) is 3. The number of hydrogen-bond donors (Lipinski definition) is 1. The van der Waals surface area contributed by atoms with E-state index in [1.165, 1.54) is 25.8 Å². The molecular weight excluding hydrogens is 248 g/mol. The lowest BCUT2D eigenvalue weighted by Crippen LogP contribution is -1.93. The molecule has 1 N–H and O–H groups in total. The van der Waals surface area contributed by atoms with Gasteiger partial charge in [-0.05, 0) is 43.2 Å². The molecule has 17 heavy (non-hydrogen) atoms. The van der Waals surface area contributed by atoms with Crippen LogP contribution in [0.5, 0.6) is 5.75 Å². The van der Waals surface area contributed by atoms with Gasteiger partial charge < -0.3 is 5.11 Å². The van der Waals surface area contributed by atoms with E-state index in [-0.39, 0.29) is 0 Å². The minimum Gasteiger partial charge on any atom is -0.507 e. The molecule has 0 saturated carbocycles. The lowest BCUT2D eigenvalue weighted by molar-refractivity contribution is 0.458. The van der Waals surface area contributed by atoms with E-state index in [2.05, 4.69) is 32.0 Å². The molecule has 0 amide bonds. The Morgan fingerprint density at radius 3 is 2.47 bits per heavy atom. The summed E-state index contributed by atoms with van der Waals surface area (Å²) < 4.78 is 0. The fourth-order valence-corrected chi connectivity index (χ4v) is 4.38. The molecule has 0 aromatic heterocycles. The summed E-state index contributed by atoms with van der Waals surface area (Å²) in [5, 5.41) is 9.94. The van der Waals surface area contributed by atoms with Crippen LogP contribution in [0, 0.1) is 13.8 Å². The average molecular weight is 260 g/mol. The molecule has 2 aromatic carbocycles. The largest absolute Gasteiger partial charge is 0.507 e. The maximum atomic E-state index is 9.94. The van der Waals surface area contributed by atoms with Crippen molar-refractivity contribution >= 4 is 23.5 Å². The maximum Gasteiger partial charge on any atom is 0.130 e. The van der Waals surface area contributed by atoms with E-state index in [0.717, 1.165) is 4.90 Å². The quantitative estimate of drug-likeness (QED) is 0.636. The smallest absolute Gasteiger partial charge is 0.130 e. The average Bonchev–Trinajstić information content (AvgIpc) is 2.32. The molecule has 1 aliphatic heterocycles. The minimum absolute atomic E-state index is 0.384. The summed E-state index contributed by atoms with van der Waals surface area (Å²) >= 11 is 3.42. The summed E-state index contributed by atoms with van der Waals surface area (Å²) in [5.41, 5.74) is 2.48. The van der Waals surface area contributed by atoms with Crippen LogP contribution in [0.4, 0.5) is 0 Å². The zero-order chi connectivity index (χ0) is 12.0. The van der Waals surface area contributed by atoms with Crippen LogP contribution in [0.3, 0.4) is 0 Å². The van der Waals surface area contributed by atoms with Crippen LogP contribution in [0.15, 0.2) is 49.9 Å². The van der Waals surface area contributed by atoms with Crippen molar-refractivity contribution in [2.45, 2.75) is 33.4 Å². The Morgan fingerprint density at radius 1 is 0.882 bits per heavy atom. The Kier molecular flexibility index (Phi) is 2.60. The third kappa shape index (κ3) is 1.83. The van der Waals surface area contributed by atoms with Gasteiger partial charge in [-0.3, -0.25) is 0 Å². The summed E-state index contributed by atoms with van der Waals surface area (Å²) in [6.07, 6.45) is 0. The lowest BCUT2D eigenvalue weighted by atomic mass is 10.2. The second-order valence-electron chi connectivity index (χ2n) is 4.21. The Balaban J connectivity index is 2.17. The highest BCUT2D eigenvalue weighted by Gasteiger charge is 2.21. The van der Waals surface area contributed by atoms with Crippen LogP contribution in [-0.2, 0) is 0 Å². The molecule has 3 heteroatoms. The van der Waals surface area contributed by atoms with E-state index in [4.69, 9.17) is 0 Å². The normalized spacial score (nSPS) is 13.1. The molecule has 3 rings (SSSR count). The first-order chi connectivity index (χ1) is 8.15. The summed E-state index contributed by atoms with van der Waals surface area (Å²) in [5.74, 6) is 0.384. The van der Waals surface area contributed by atoms with Crippen molar-refractivity contribution in [3.8, 4) is 5.75 Å². The van der Waals surface area contributed by atoms with Gasteiger partial charge >= 0.3 is 0 Å². The highest BCUT2D eigenvalue weighted by molar-refractivity contribution is 8.05. The summed E-state index contributed by atoms with van der Waals surface area (Å²) in [6, 6.07) is 10.2. The molecule has 0 bridgehead atoms. The third-order valence-corrected chi connectivity index (χ3v) is 5.55. The first-order valence-corrected chi connectivity index (χ1v) is 7.07. The zero-order valence-corrected chi connectivity index (χ0v) is 11.3. The highest BCUT2D eigenvalue weighted by atomic mass is 32.2. The van der Waals surface area contributed by atoms with E-state index in [0.29, 0.717) is 5.75 Å². The minimum atomic E-state index is 0.384. The van der Waals surface area contributed by atoms with Crippen molar-refractivity contribution in [2.24, 2.45) is 0 Å². The van der Waals surface area contributed by atoms with Gasteiger partial charge in [0.15, 0.2) is 0 Å². The van der Waals surface area contributed by atoms with E-state index in [9.17, 15) is 5.11 Å². The van der Waals surface area contributed by atoms with Crippen LogP contribution in [0.25, 0.3) is 0 Å². The first-order valence-electron chi connectivity index (χ1n) is 5.44. The van der Waals surface area contributed by atoms with Gasteiger partial charge in [-0.15, -0.1) is 0 Å². The van der Waals surface area contributed by atoms with Crippen LogP contribution < -0.4 is 0 Å². The number of aromatic hydroxyl groups is 1.